The Bertz CT molecular complexity index is 629. The molecule has 0 aliphatic carbocycles. The number of halogens is 1. The third-order valence-electron chi connectivity index (χ3n) is 2.76. The number of amides is 1. The quantitative estimate of drug-likeness (QED) is 0.843. The van der Waals surface area contributed by atoms with E-state index in [1.807, 2.05) is 24.3 Å². The normalized spacial score (nSPS) is 10.1. The van der Waals surface area contributed by atoms with Crippen LogP contribution in [0.1, 0.15) is 5.56 Å². The number of benzene rings is 2. The van der Waals surface area contributed by atoms with E-state index >= 15 is 0 Å². The van der Waals surface area contributed by atoms with Gasteiger partial charge in [0.05, 0.1) is 19.2 Å². The van der Waals surface area contributed by atoms with Gasteiger partial charge in [0.2, 0.25) is 5.91 Å². The maximum Gasteiger partial charge on any atom is 0.228 e. The summed E-state index contributed by atoms with van der Waals surface area (Å²) < 4.78 is 5.93. The molecule has 0 saturated heterocycles. The molecule has 4 nitrogen and oxygen atoms in total. The molecule has 0 heterocycles. The van der Waals surface area contributed by atoms with Gasteiger partial charge in [0.1, 0.15) is 5.75 Å². The molecule has 0 spiro atoms. The molecule has 0 aliphatic rings. The van der Waals surface area contributed by atoms with Crippen molar-refractivity contribution in [3.05, 3.63) is 52.5 Å². The molecule has 0 bridgehead atoms. The summed E-state index contributed by atoms with van der Waals surface area (Å²) in [6, 6.07) is 12.7. The Morgan fingerprint density at radius 1 is 1.30 bits per heavy atom. The highest BCUT2D eigenvalue weighted by atomic mass is 79.9. The van der Waals surface area contributed by atoms with Crippen molar-refractivity contribution in [2.24, 2.45) is 0 Å². The van der Waals surface area contributed by atoms with Crippen molar-refractivity contribution in [1.82, 2.24) is 0 Å². The van der Waals surface area contributed by atoms with Crippen molar-refractivity contribution in [2.75, 3.05) is 18.2 Å². The van der Waals surface area contributed by atoms with Gasteiger partial charge in [0.25, 0.3) is 0 Å². The predicted octanol–water partition coefficient (Wildman–Crippen LogP) is 3.22. The number of anilines is 2. The lowest BCUT2D eigenvalue weighted by molar-refractivity contribution is -0.115. The van der Waals surface area contributed by atoms with E-state index < -0.39 is 0 Å². The molecular weight excluding hydrogens is 320 g/mol. The molecule has 3 N–H and O–H groups in total. The number of nitrogens with one attached hydrogen (secondary N) is 1. The van der Waals surface area contributed by atoms with E-state index in [0.717, 1.165) is 15.8 Å². The van der Waals surface area contributed by atoms with Gasteiger partial charge in [-0.1, -0.05) is 12.1 Å². The second-order valence-corrected chi connectivity index (χ2v) is 5.17. The summed E-state index contributed by atoms with van der Waals surface area (Å²) >= 11 is 3.38. The molecule has 0 fully saturated rings. The van der Waals surface area contributed by atoms with Crippen molar-refractivity contribution < 1.29 is 9.53 Å². The Morgan fingerprint density at radius 2 is 2.10 bits per heavy atom. The highest BCUT2D eigenvalue weighted by Gasteiger charge is 2.07. The molecule has 2 rings (SSSR count). The van der Waals surface area contributed by atoms with Crippen molar-refractivity contribution >= 4 is 33.2 Å². The number of nitrogens with two attached hydrogens (primary N) is 1. The Labute approximate surface area is 126 Å². The van der Waals surface area contributed by atoms with Crippen LogP contribution < -0.4 is 15.8 Å². The predicted molar refractivity (Wildman–Crippen MR) is 83.9 cm³/mol. The largest absolute Gasteiger partial charge is 0.497 e. The number of rotatable bonds is 4. The average Bonchev–Trinajstić information content (AvgIpc) is 2.43. The number of methoxy groups -OCH3 is 1. The van der Waals surface area contributed by atoms with E-state index in [-0.39, 0.29) is 12.3 Å². The van der Waals surface area contributed by atoms with E-state index in [1.165, 1.54) is 0 Å². The van der Waals surface area contributed by atoms with Gasteiger partial charge in [-0.3, -0.25) is 4.79 Å². The summed E-state index contributed by atoms with van der Waals surface area (Å²) in [4.78, 5) is 12.0. The molecule has 0 radical (unpaired) electrons. The lowest BCUT2D eigenvalue weighted by Gasteiger charge is -2.09. The van der Waals surface area contributed by atoms with Gasteiger partial charge < -0.3 is 15.8 Å². The molecule has 2 aromatic rings. The number of ether oxygens (including phenoxy) is 1. The zero-order valence-corrected chi connectivity index (χ0v) is 12.6. The van der Waals surface area contributed by atoms with Crippen LogP contribution in [0.5, 0.6) is 5.75 Å². The minimum atomic E-state index is -0.107. The average molecular weight is 335 g/mol. The summed E-state index contributed by atoms with van der Waals surface area (Å²) in [5.41, 5.74) is 7.86. The molecule has 0 aromatic heterocycles. The molecule has 20 heavy (non-hydrogen) atoms. The molecule has 0 atom stereocenters. The molecule has 5 heteroatoms. The number of nitrogen functional groups attached to an aromatic ring is 1. The second-order valence-electron chi connectivity index (χ2n) is 4.32. The SMILES string of the molecule is COc1cccc(CC(=O)Nc2cc(N)ccc2Br)c1. The fourth-order valence-electron chi connectivity index (χ4n) is 1.80. The summed E-state index contributed by atoms with van der Waals surface area (Å²) in [5, 5.41) is 2.83. The second kappa shape index (κ2) is 6.43. The van der Waals surface area contributed by atoms with Gasteiger partial charge in [-0.15, -0.1) is 0 Å². The Kier molecular flexibility index (Phi) is 4.63. The van der Waals surface area contributed by atoms with Gasteiger partial charge in [-0.2, -0.15) is 0 Å². The minimum absolute atomic E-state index is 0.107. The zero-order valence-electron chi connectivity index (χ0n) is 11.0. The number of hydrogen-bond donors (Lipinski definition) is 2. The highest BCUT2D eigenvalue weighted by molar-refractivity contribution is 9.10. The van der Waals surface area contributed by atoms with Crippen LogP contribution in [0.3, 0.4) is 0 Å². The lowest BCUT2D eigenvalue weighted by atomic mass is 10.1. The third-order valence-corrected chi connectivity index (χ3v) is 3.45. The monoisotopic (exact) mass is 334 g/mol. The van der Waals surface area contributed by atoms with Crippen molar-refractivity contribution in [3.8, 4) is 5.75 Å². The van der Waals surface area contributed by atoms with E-state index in [1.54, 1.807) is 25.3 Å². The van der Waals surface area contributed by atoms with Crippen LogP contribution in [-0.4, -0.2) is 13.0 Å². The lowest BCUT2D eigenvalue weighted by Crippen LogP contribution is -2.15. The molecule has 2 aromatic carbocycles. The van der Waals surface area contributed by atoms with Gasteiger partial charge >= 0.3 is 0 Å². The maximum atomic E-state index is 12.0. The fraction of sp³-hybridized carbons (Fsp3) is 0.133. The highest BCUT2D eigenvalue weighted by Crippen LogP contribution is 2.25. The Hall–Kier alpha value is -2.01. The third kappa shape index (κ3) is 3.74. The molecule has 0 aliphatic heterocycles. The molecule has 104 valence electrons. The van der Waals surface area contributed by atoms with Crippen LogP contribution in [0, 0.1) is 0 Å². The molecule has 0 saturated carbocycles. The summed E-state index contributed by atoms with van der Waals surface area (Å²) in [6.07, 6.45) is 0.276. The smallest absolute Gasteiger partial charge is 0.228 e. The van der Waals surface area contributed by atoms with E-state index in [0.29, 0.717) is 11.4 Å². The summed E-state index contributed by atoms with van der Waals surface area (Å²) in [5.74, 6) is 0.630. The molecule has 1 amide bonds. The van der Waals surface area contributed by atoms with Gasteiger partial charge in [-0.25, -0.2) is 0 Å². The van der Waals surface area contributed by atoms with Crippen LogP contribution in [0.15, 0.2) is 46.9 Å². The van der Waals surface area contributed by atoms with Crippen LogP contribution in [0.2, 0.25) is 0 Å². The van der Waals surface area contributed by atoms with Crippen LogP contribution in [-0.2, 0) is 11.2 Å². The minimum Gasteiger partial charge on any atom is -0.497 e. The van der Waals surface area contributed by atoms with E-state index in [9.17, 15) is 4.79 Å². The van der Waals surface area contributed by atoms with E-state index in [2.05, 4.69) is 21.2 Å². The van der Waals surface area contributed by atoms with Crippen LogP contribution in [0.4, 0.5) is 11.4 Å². The summed E-state index contributed by atoms with van der Waals surface area (Å²) in [6.45, 7) is 0. The standard InChI is InChI=1S/C15H15BrN2O2/c1-20-12-4-2-3-10(7-12)8-15(19)18-14-9-11(17)5-6-13(14)16/h2-7,9H,8,17H2,1H3,(H,18,19). The van der Waals surface area contributed by atoms with Gasteiger partial charge in [-0.05, 0) is 51.8 Å². The van der Waals surface area contributed by atoms with Crippen LogP contribution >= 0.6 is 15.9 Å². The van der Waals surface area contributed by atoms with Gasteiger partial charge in [0, 0.05) is 10.2 Å². The van der Waals surface area contributed by atoms with E-state index in [4.69, 9.17) is 10.5 Å². The molecule has 0 unspecified atom stereocenters. The summed E-state index contributed by atoms with van der Waals surface area (Å²) in [7, 11) is 1.60. The first-order chi connectivity index (χ1) is 9.58. The zero-order chi connectivity index (χ0) is 14.5. The fourth-order valence-corrected chi connectivity index (χ4v) is 2.15. The van der Waals surface area contributed by atoms with Crippen molar-refractivity contribution in [2.45, 2.75) is 6.42 Å². The Balaban J connectivity index is 2.07. The van der Waals surface area contributed by atoms with Crippen molar-refractivity contribution in [1.29, 1.82) is 0 Å². The topological polar surface area (TPSA) is 64.3 Å². The number of carbonyl (C=O) groups excluding carboxylic acids is 1. The Morgan fingerprint density at radius 3 is 2.85 bits per heavy atom. The van der Waals surface area contributed by atoms with Crippen LogP contribution in [0.25, 0.3) is 0 Å². The van der Waals surface area contributed by atoms with Gasteiger partial charge in [0.15, 0.2) is 0 Å². The first kappa shape index (κ1) is 14.4. The first-order valence-corrected chi connectivity index (χ1v) is 6.85. The number of hydrogen-bond acceptors (Lipinski definition) is 3. The van der Waals surface area contributed by atoms with Crippen molar-refractivity contribution in [3.63, 3.8) is 0 Å². The number of carbonyl (C=O) groups is 1. The first-order valence-electron chi connectivity index (χ1n) is 6.06. The maximum absolute atomic E-state index is 12.0. The molecular formula is C15H15BrN2O2.